The molecule has 1 heteroatoms. The largest absolute Gasteiger partial charge is 0.207 e. The molecule has 3 rings (SSSR count). The molecule has 2 aliphatic rings. The summed E-state index contributed by atoms with van der Waals surface area (Å²) in [7, 11) is 0. The second kappa shape index (κ2) is 14.2. The molecule has 0 N–H and O–H groups in total. The minimum atomic E-state index is 0.0157. The van der Waals surface area contributed by atoms with Crippen molar-refractivity contribution in [3.8, 4) is 0 Å². The fourth-order valence-electron chi connectivity index (χ4n) is 6.19. The topological polar surface area (TPSA) is 0 Å². The molecule has 0 aliphatic heterocycles. The van der Waals surface area contributed by atoms with Crippen molar-refractivity contribution in [1.29, 1.82) is 0 Å². The molecule has 180 valence electrons. The number of benzene rings is 1. The van der Waals surface area contributed by atoms with Crippen LogP contribution in [0.3, 0.4) is 0 Å². The van der Waals surface area contributed by atoms with Gasteiger partial charge in [0.05, 0.1) is 0 Å². The second-order valence-corrected chi connectivity index (χ2v) is 10.9. The summed E-state index contributed by atoms with van der Waals surface area (Å²) in [6, 6.07) is 6.02. The molecule has 1 atom stereocenters. The monoisotopic (exact) mass is 440 g/mol. The molecule has 2 aliphatic carbocycles. The Morgan fingerprint density at radius 3 is 2.25 bits per heavy atom. The molecule has 0 heterocycles. The van der Waals surface area contributed by atoms with Crippen LogP contribution in [0.15, 0.2) is 29.8 Å². The molecule has 1 fully saturated rings. The van der Waals surface area contributed by atoms with E-state index in [4.69, 9.17) is 0 Å². The van der Waals surface area contributed by atoms with Crippen molar-refractivity contribution in [2.24, 2.45) is 17.8 Å². The first-order valence-electron chi connectivity index (χ1n) is 14.1. The van der Waals surface area contributed by atoms with Gasteiger partial charge in [-0.3, -0.25) is 0 Å². The molecule has 0 bridgehead atoms. The van der Waals surface area contributed by atoms with Crippen LogP contribution in [-0.2, 0) is 12.8 Å². The SMILES string of the molecule is CCCCCCc1ccc(CCC2=CCC([C@H]3CC[C@H](CCCCC)CC3)CC2)cc1F. The summed E-state index contributed by atoms with van der Waals surface area (Å²) in [5.41, 5.74) is 3.70. The summed E-state index contributed by atoms with van der Waals surface area (Å²) < 4.78 is 14.5. The lowest BCUT2D eigenvalue weighted by Gasteiger charge is -2.35. The molecule has 0 amide bonds. The first-order valence-corrected chi connectivity index (χ1v) is 14.1. The van der Waals surface area contributed by atoms with Gasteiger partial charge in [-0.1, -0.05) is 95.4 Å². The van der Waals surface area contributed by atoms with Crippen LogP contribution in [0.5, 0.6) is 0 Å². The Labute approximate surface area is 198 Å². The Morgan fingerprint density at radius 1 is 0.781 bits per heavy atom. The fraction of sp³-hybridized carbons (Fsp3) is 0.742. The summed E-state index contributed by atoms with van der Waals surface area (Å²) >= 11 is 0. The Bertz CT molecular complexity index is 680. The Hall–Kier alpha value is -1.11. The van der Waals surface area contributed by atoms with Gasteiger partial charge in [0.1, 0.15) is 5.82 Å². The van der Waals surface area contributed by atoms with E-state index >= 15 is 0 Å². The first-order chi connectivity index (χ1) is 15.7. The number of hydrogen-bond acceptors (Lipinski definition) is 0. The van der Waals surface area contributed by atoms with Crippen LogP contribution in [0.4, 0.5) is 4.39 Å². The zero-order valence-electron chi connectivity index (χ0n) is 21.1. The lowest BCUT2D eigenvalue weighted by molar-refractivity contribution is 0.185. The number of unbranched alkanes of at least 4 members (excludes halogenated alkanes) is 5. The van der Waals surface area contributed by atoms with Gasteiger partial charge in [0.15, 0.2) is 0 Å². The molecule has 0 spiro atoms. The number of hydrogen-bond donors (Lipinski definition) is 0. The summed E-state index contributed by atoms with van der Waals surface area (Å²) in [5, 5.41) is 0. The quantitative estimate of drug-likeness (QED) is 0.211. The van der Waals surface area contributed by atoms with Crippen LogP contribution >= 0.6 is 0 Å². The first kappa shape index (κ1) is 25.5. The second-order valence-electron chi connectivity index (χ2n) is 10.9. The molecule has 0 radical (unpaired) electrons. The lowest BCUT2D eigenvalue weighted by atomic mass is 9.70. The lowest BCUT2D eigenvalue weighted by Crippen LogP contribution is -2.23. The van der Waals surface area contributed by atoms with Gasteiger partial charge in [-0.05, 0) is 92.7 Å². The predicted molar refractivity (Wildman–Crippen MR) is 138 cm³/mol. The molecule has 0 aromatic heterocycles. The Morgan fingerprint density at radius 2 is 1.56 bits per heavy atom. The smallest absolute Gasteiger partial charge is 0.126 e. The summed E-state index contributed by atoms with van der Waals surface area (Å²) in [6.07, 6.45) is 26.0. The minimum absolute atomic E-state index is 0.0157. The molecule has 1 saturated carbocycles. The molecule has 1 unspecified atom stereocenters. The summed E-state index contributed by atoms with van der Waals surface area (Å²) in [6.45, 7) is 4.53. The number of aryl methyl sites for hydroxylation is 2. The number of halogens is 1. The highest BCUT2D eigenvalue weighted by atomic mass is 19.1. The van der Waals surface area contributed by atoms with Gasteiger partial charge < -0.3 is 0 Å². The third kappa shape index (κ3) is 8.35. The maximum absolute atomic E-state index is 14.5. The Kier molecular flexibility index (Phi) is 11.3. The maximum atomic E-state index is 14.5. The van der Waals surface area contributed by atoms with E-state index in [2.05, 4.69) is 26.0 Å². The van der Waals surface area contributed by atoms with E-state index in [1.165, 1.54) is 95.5 Å². The number of rotatable bonds is 13. The summed E-state index contributed by atoms with van der Waals surface area (Å²) in [4.78, 5) is 0. The van der Waals surface area contributed by atoms with Crippen LogP contribution in [-0.4, -0.2) is 0 Å². The van der Waals surface area contributed by atoms with E-state index in [0.29, 0.717) is 0 Å². The molecule has 1 aromatic rings. The third-order valence-corrected chi connectivity index (χ3v) is 8.47. The van der Waals surface area contributed by atoms with Crippen molar-refractivity contribution in [1.82, 2.24) is 0 Å². The van der Waals surface area contributed by atoms with Crippen LogP contribution in [0.25, 0.3) is 0 Å². The van der Waals surface area contributed by atoms with E-state index < -0.39 is 0 Å². The van der Waals surface area contributed by atoms with Gasteiger partial charge in [0, 0.05) is 0 Å². The van der Waals surface area contributed by atoms with E-state index in [1.807, 2.05) is 6.07 Å². The van der Waals surface area contributed by atoms with E-state index in [-0.39, 0.29) is 5.82 Å². The van der Waals surface area contributed by atoms with Gasteiger partial charge in [0.25, 0.3) is 0 Å². The Balaban J connectivity index is 1.36. The average molecular weight is 441 g/mol. The normalized spacial score (nSPS) is 23.8. The van der Waals surface area contributed by atoms with Crippen molar-refractivity contribution in [2.45, 2.75) is 129 Å². The van der Waals surface area contributed by atoms with E-state index in [9.17, 15) is 4.39 Å². The highest BCUT2D eigenvalue weighted by Gasteiger charge is 2.28. The highest BCUT2D eigenvalue weighted by molar-refractivity contribution is 5.25. The van der Waals surface area contributed by atoms with Gasteiger partial charge in [0.2, 0.25) is 0 Å². The molecular weight excluding hydrogens is 391 g/mol. The average Bonchev–Trinajstić information content (AvgIpc) is 2.82. The van der Waals surface area contributed by atoms with E-state index in [0.717, 1.165) is 49.0 Å². The molecule has 1 aromatic carbocycles. The molecular formula is C31H49F. The van der Waals surface area contributed by atoms with Crippen LogP contribution in [0.1, 0.15) is 128 Å². The minimum Gasteiger partial charge on any atom is -0.207 e. The van der Waals surface area contributed by atoms with Crippen LogP contribution in [0.2, 0.25) is 0 Å². The van der Waals surface area contributed by atoms with Crippen LogP contribution < -0.4 is 0 Å². The standard InChI is InChI=1S/C31H49F/c1-3-5-7-9-11-30-23-18-27(24-31(30)32)13-12-26-16-21-29(22-17-26)28-19-14-25(15-20-28)10-8-6-4-2/h16,18,23-25,28-29H,3-15,17,19-22H2,1-2H3/t25-,28-,29?. The van der Waals surface area contributed by atoms with Crippen LogP contribution in [0, 0.1) is 23.6 Å². The summed E-state index contributed by atoms with van der Waals surface area (Å²) in [5.74, 6) is 2.95. The molecule has 32 heavy (non-hydrogen) atoms. The zero-order chi connectivity index (χ0) is 22.6. The van der Waals surface area contributed by atoms with Gasteiger partial charge in [-0.2, -0.15) is 0 Å². The highest BCUT2D eigenvalue weighted by Crippen LogP contribution is 2.41. The zero-order valence-corrected chi connectivity index (χ0v) is 21.1. The van der Waals surface area contributed by atoms with Gasteiger partial charge in [-0.15, -0.1) is 0 Å². The van der Waals surface area contributed by atoms with Crippen molar-refractivity contribution >= 4 is 0 Å². The van der Waals surface area contributed by atoms with Crippen molar-refractivity contribution < 1.29 is 4.39 Å². The van der Waals surface area contributed by atoms with Crippen molar-refractivity contribution in [3.05, 3.63) is 46.8 Å². The van der Waals surface area contributed by atoms with E-state index in [1.54, 1.807) is 11.6 Å². The predicted octanol–water partition coefficient (Wildman–Crippen LogP) is 9.99. The van der Waals surface area contributed by atoms with Gasteiger partial charge >= 0.3 is 0 Å². The molecule has 0 nitrogen and oxygen atoms in total. The number of allylic oxidation sites excluding steroid dienone is 2. The third-order valence-electron chi connectivity index (χ3n) is 8.47. The maximum Gasteiger partial charge on any atom is 0.126 e. The van der Waals surface area contributed by atoms with Crippen molar-refractivity contribution in [2.75, 3.05) is 0 Å². The molecule has 0 saturated heterocycles. The van der Waals surface area contributed by atoms with Crippen molar-refractivity contribution in [3.63, 3.8) is 0 Å². The van der Waals surface area contributed by atoms with Gasteiger partial charge in [-0.25, -0.2) is 4.39 Å². The fourth-order valence-corrected chi connectivity index (χ4v) is 6.19.